The summed E-state index contributed by atoms with van der Waals surface area (Å²) in [4.78, 5) is 24.6. The zero-order valence-electron chi connectivity index (χ0n) is 14.8. The van der Waals surface area contributed by atoms with E-state index >= 15 is 0 Å². The van der Waals surface area contributed by atoms with E-state index in [4.69, 9.17) is 4.74 Å². The van der Waals surface area contributed by atoms with Crippen molar-refractivity contribution in [3.8, 4) is 6.07 Å². The van der Waals surface area contributed by atoms with E-state index in [9.17, 15) is 14.9 Å². The van der Waals surface area contributed by atoms with Crippen molar-refractivity contribution in [3.05, 3.63) is 43.9 Å². The Hall–Kier alpha value is -3.38. The van der Waals surface area contributed by atoms with E-state index < -0.39 is 5.97 Å². The Kier molecular flexibility index (Phi) is 5.38. The van der Waals surface area contributed by atoms with Crippen molar-refractivity contribution in [3.63, 3.8) is 0 Å². The number of rotatable bonds is 5. The summed E-state index contributed by atoms with van der Waals surface area (Å²) in [6.07, 6.45) is 3.28. The van der Waals surface area contributed by atoms with Crippen molar-refractivity contribution < 1.29 is 9.53 Å². The summed E-state index contributed by atoms with van der Waals surface area (Å²) in [5, 5.41) is 20.2. The molecule has 3 rings (SSSR count). The van der Waals surface area contributed by atoms with Crippen LogP contribution in [0.4, 0.5) is 5.69 Å². The fourth-order valence-corrected chi connectivity index (χ4v) is 3.63. The molecular formula is C18H17N5O3S. The minimum atomic E-state index is -0.728. The molecule has 0 amide bonds. The predicted octanol–water partition coefficient (Wildman–Crippen LogP) is 0.893. The number of benzene rings is 1. The maximum atomic E-state index is 12.6. The first-order chi connectivity index (χ1) is 13.1. The number of hydrogen-bond acceptors (Lipinski definition) is 7. The molecule has 3 aromatic rings. The molecule has 2 aromatic heterocycles. The van der Waals surface area contributed by atoms with Gasteiger partial charge in [0, 0.05) is 23.8 Å². The van der Waals surface area contributed by atoms with Crippen LogP contribution in [0.3, 0.4) is 0 Å². The summed E-state index contributed by atoms with van der Waals surface area (Å²) < 4.78 is 6.99. The standard InChI is InChI=1S/C18H17N5O3S/c1-3-23-16(24)15(27-17(23)13(8-19)18(25)26-4-2)10-20-12-5-6-14-11(7-12)9-21-22-14/h5-7,9-10,20H,3-4H2,1-2H3,(H,21,22). The van der Waals surface area contributed by atoms with Gasteiger partial charge in [0.05, 0.1) is 18.3 Å². The third-order valence-corrected chi connectivity index (χ3v) is 4.97. The number of nitrogens with one attached hydrogen (secondary N) is 2. The molecule has 0 radical (unpaired) electrons. The number of carbonyl (C=O) groups is 1. The van der Waals surface area contributed by atoms with Gasteiger partial charge >= 0.3 is 5.97 Å². The van der Waals surface area contributed by atoms with Crippen LogP contribution in [0, 0.1) is 11.3 Å². The number of H-pyrrole nitrogens is 1. The molecule has 8 nitrogen and oxygen atoms in total. The minimum absolute atomic E-state index is 0.156. The first kappa shape index (κ1) is 18.4. The second-order valence-corrected chi connectivity index (χ2v) is 6.52. The zero-order chi connectivity index (χ0) is 19.4. The molecule has 0 atom stereocenters. The number of nitriles is 1. The number of thiazole rings is 1. The van der Waals surface area contributed by atoms with E-state index in [1.54, 1.807) is 26.2 Å². The van der Waals surface area contributed by atoms with Crippen LogP contribution in [0.5, 0.6) is 0 Å². The number of hydrogen-bond donors (Lipinski definition) is 2. The maximum absolute atomic E-state index is 12.6. The fraction of sp³-hybridized carbons (Fsp3) is 0.222. The van der Waals surface area contributed by atoms with Gasteiger partial charge < -0.3 is 10.1 Å². The van der Waals surface area contributed by atoms with Gasteiger partial charge in [-0.25, -0.2) is 4.79 Å². The van der Waals surface area contributed by atoms with E-state index in [1.807, 2.05) is 24.3 Å². The summed E-state index contributed by atoms with van der Waals surface area (Å²) in [5.74, 6) is -0.728. The second-order valence-electron chi connectivity index (χ2n) is 5.49. The normalized spacial score (nSPS) is 12.7. The number of aromatic amines is 1. The van der Waals surface area contributed by atoms with Gasteiger partial charge in [-0.2, -0.15) is 10.4 Å². The highest BCUT2D eigenvalue weighted by Gasteiger charge is 2.16. The molecule has 0 saturated heterocycles. The van der Waals surface area contributed by atoms with Gasteiger partial charge in [0.2, 0.25) is 0 Å². The predicted molar refractivity (Wildman–Crippen MR) is 103 cm³/mol. The van der Waals surface area contributed by atoms with Crippen LogP contribution >= 0.6 is 11.3 Å². The van der Waals surface area contributed by atoms with Gasteiger partial charge in [0.1, 0.15) is 15.3 Å². The van der Waals surface area contributed by atoms with Gasteiger partial charge in [-0.1, -0.05) is 0 Å². The fourth-order valence-electron chi connectivity index (χ4n) is 2.56. The summed E-state index contributed by atoms with van der Waals surface area (Å²) >= 11 is 1.08. The Morgan fingerprint density at radius 1 is 1.48 bits per heavy atom. The van der Waals surface area contributed by atoms with Gasteiger partial charge in [0.25, 0.3) is 5.56 Å². The average molecular weight is 383 g/mol. The number of carbonyl (C=O) groups excluding carboxylic acids is 1. The van der Waals surface area contributed by atoms with E-state index in [0.717, 1.165) is 27.9 Å². The largest absolute Gasteiger partial charge is 0.462 e. The molecule has 9 heteroatoms. The lowest BCUT2D eigenvalue weighted by atomic mass is 10.2. The molecular weight excluding hydrogens is 366 g/mol. The monoisotopic (exact) mass is 383 g/mol. The van der Waals surface area contributed by atoms with Crippen LogP contribution in [0.1, 0.15) is 13.8 Å². The van der Waals surface area contributed by atoms with Crippen LogP contribution in [0.25, 0.3) is 22.7 Å². The topological polar surface area (TPSA) is 113 Å². The number of ether oxygens (including phenoxy) is 1. The highest BCUT2D eigenvalue weighted by atomic mass is 32.1. The average Bonchev–Trinajstić information content (AvgIpc) is 3.25. The molecule has 0 saturated carbocycles. The molecule has 2 heterocycles. The molecule has 27 heavy (non-hydrogen) atoms. The van der Waals surface area contributed by atoms with E-state index in [0.29, 0.717) is 15.7 Å². The lowest BCUT2D eigenvalue weighted by Gasteiger charge is -2.00. The number of aromatic nitrogens is 3. The van der Waals surface area contributed by atoms with Crippen LogP contribution in [-0.4, -0.2) is 27.3 Å². The first-order valence-corrected chi connectivity index (χ1v) is 9.11. The molecule has 0 aliphatic rings. The Morgan fingerprint density at radius 3 is 3.00 bits per heavy atom. The highest BCUT2D eigenvalue weighted by molar-refractivity contribution is 7.07. The smallest absolute Gasteiger partial charge is 0.351 e. The van der Waals surface area contributed by atoms with Crippen molar-refractivity contribution in [1.29, 1.82) is 5.26 Å². The number of esters is 1. The molecule has 2 N–H and O–H groups in total. The molecule has 0 fully saturated rings. The molecule has 1 aromatic carbocycles. The highest BCUT2D eigenvalue weighted by Crippen LogP contribution is 2.16. The second kappa shape index (κ2) is 7.88. The molecule has 0 aliphatic carbocycles. The van der Waals surface area contributed by atoms with Crippen molar-refractivity contribution in [2.75, 3.05) is 11.9 Å². The summed E-state index contributed by atoms with van der Waals surface area (Å²) in [6, 6.07) is 7.49. The molecule has 0 aliphatic heterocycles. The molecule has 138 valence electrons. The SMILES string of the molecule is CCOC(=O)C(C#N)=c1sc(=CNc2ccc3[nH]ncc3c2)c(=O)n1CC. The number of nitrogens with zero attached hydrogens (tertiary/aromatic N) is 3. The Labute approximate surface area is 158 Å². The number of fused-ring (bicyclic) bond motifs is 1. The van der Waals surface area contributed by atoms with Crippen LogP contribution in [0.2, 0.25) is 0 Å². The molecule has 0 unspecified atom stereocenters. The third-order valence-electron chi connectivity index (χ3n) is 3.84. The molecule has 0 bridgehead atoms. The summed E-state index contributed by atoms with van der Waals surface area (Å²) in [6.45, 7) is 3.93. The first-order valence-electron chi connectivity index (χ1n) is 8.30. The van der Waals surface area contributed by atoms with Crippen molar-refractivity contribution in [1.82, 2.24) is 14.8 Å². The summed E-state index contributed by atoms with van der Waals surface area (Å²) in [7, 11) is 0. The Bertz CT molecular complexity index is 1210. The van der Waals surface area contributed by atoms with Crippen LogP contribution < -0.4 is 20.1 Å². The van der Waals surface area contributed by atoms with Crippen molar-refractivity contribution in [2.45, 2.75) is 20.4 Å². The third kappa shape index (κ3) is 3.61. The maximum Gasteiger partial charge on any atom is 0.351 e. The lowest BCUT2D eigenvalue weighted by molar-refractivity contribution is -0.136. The van der Waals surface area contributed by atoms with Gasteiger partial charge in [-0.15, -0.1) is 11.3 Å². The van der Waals surface area contributed by atoms with Gasteiger partial charge in [-0.05, 0) is 32.0 Å². The van der Waals surface area contributed by atoms with E-state index in [1.165, 1.54) is 4.57 Å². The quantitative estimate of drug-likeness (QED) is 0.633. The Morgan fingerprint density at radius 2 is 2.30 bits per heavy atom. The van der Waals surface area contributed by atoms with E-state index in [-0.39, 0.29) is 17.7 Å². The Balaban J connectivity index is 2.07. The van der Waals surface area contributed by atoms with Crippen molar-refractivity contribution >= 4 is 45.7 Å². The van der Waals surface area contributed by atoms with Crippen LogP contribution in [0.15, 0.2) is 29.2 Å². The van der Waals surface area contributed by atoms with Gasteiger partial charge in [0.15, 0.2) is 5.57 Å². The van der Waals surface area contributed by atoms with E-state index in [2.05, 4.69) is 15.5 Å². The summed E-state index contributed by atoms with van der Waals surface area (Å²) in [5.41, 5.74) is 1.26. The van der Waals surface area contributed by atoms with Crippen molar-refractivity contribution in [2.24, 2.45) is 0 Å². The molecule has 0 spiro atoms. The van der Waals surface area contributed by atoms with Gasteiger partial charge in [-0.3, -0.25) is 14.5 Å². The minimum Gasteiger partial charge on any atom is -0.462 e. The lowest BCUT2D eigenvalue weighted by Crippen LogP contribution is -2.32. The zero-order valence-corrected chi connectivity index (χ0v) is 15.6. The van der Waals surface area contributed by atoms with Crippen LogP contribution in [-0.2, 0) is 16.1 Å². The number of anilines is 1.